The van der Waals surface area contributed by atoms with E-state index in [9.17, 15) is 0 Å². The Bertz CT molecular complexity index is 20.0. The molecule has 1 nitrogen and oxygen atoms in total. The van der Waals surface area contributed by atoms with E-state index >= 15 is 0 Å². The molecule has 0 saturated carbocycles. The monoisotopic (exact) mass is 142 g/mol. The first-order valence-corrected chi connectivity index (χ1v) is 2.56. The fourth-order valence-electron chi connectivity index (χ4n) is 0.375. The summed E-state index contributed by atoms with van der Waals surface area (Å²) >= 11 is 0. The second-order valence-corrected chi connectivity index (χ2v) is 1.46. The van der Waals surface area contributed by atoms with Gasteiger partial charge in [0.25, 0.3) is 0 Å². The number of nitrogens with one attached hydrogen (secondary N) is 1. The van der Waals surface area contributed by atoms with E-state index < -0.39 is 0 Å². The Hall–Kier alpha value is 0.479. The predicted molar refractivity (Wildman–Crippen MR) is 28.7 cm³/mol. The Labute approximate surface area is 56.1 Å². The van der Waals surface area contributed by atoms with Gasteiger partial charge in [0.2, 0.25) is 0 Å². The van der Waals surface area contributed by atoms with Crippen LogP contribution in [0.5, 0.6) is 0 Å². The van der Waals surface area contributed by atoms with Crippen LogP contribution in [0, 0.1) is 0 Å². The minimum Gasteiger partial charge on any atom is -0.677 e. The van der Waals surface area contributed by atoms with Gasteiger partial charge >= 0.3 is 0 Å². The molecule has 0 aromatic heterocycles. The third kappa shape index (κ3) is 10.7. The van der Waals surface area contributed by atoms with Gasteiger partial charge in [-0.3, -0.25) is 0 Å². The first-order valence-electron chi connectivity index (χ1n) is 2.56. The van der Waals surface area contributed by atoms with E-state index in [1.54, 1.807) is 0 Å². The van der Waals surface area contributed by atoms with Crippen molar-refractivity contribution in [3.8, 4) is 0 Å². The van der Waals surface area contributed by atoms with Crippen LogP contribution in [0.3, 0.4) is 0 Å². The van der Waals surface area contributed by atoms with Crippen molar-refractivity contribution in [2.24, 2.45) is 0 Å². The normalized spacial score (nSPS) is 7.71. The van der Waals surface area contributed by atoms with E-state index in [1.807, 2.05) is 0 Å². The van der Waals surface area contributed by atoms with Crippen LogP contribution >= 0.6 is 0 Å². The van der Waals surface area contributed by atoms with Crippen LogP contribution in [-0.2, 0) is 17.1 Å². The molecule has 0 radical (unpaired) electrons. The summed E-state index contributed by atoms with van der Waals surface area (Å²) in [6.07, 6.45) is 3.54. The Kier molecular flexibility index (Phi) is 14.5. The van der Waals surface area contributed by atoms with E-state index in [2.05, 4.69) is 6.92 Å². The molecule has 0 aliphatic rings. The van der Waals surface area contributed by atoms with Crippen LogP contribution in [0.15, 0.2) is 0 Å². The fraction of sp³-hybridized carbons (Fsp3) is 1.00. The first kappa shape index (κ1) is 10.5. The molecule has 0 aliphatic heterocycles. The van der Waals surface area contributed by atoms with E-state index in [0.717, 1.165) is 6.42 Å². The van der Waals surface area contributed by atoms with Crippen molar-refractivity contribution >= 4 is 0 Å². The van der Waals surface area contributed by atoms with Gasteiger partial charge in [0.05, 0.1) is 0 Å². The van der Waals surface area contributed by atoms with E-state index in [1.165, 1.54) is 12.8 Å². The fourth-order valence-corrected chi connectivity index (χ4v) is 0.375. The molecule has 0 bridgehead atoms. The molecular weight excluding hydrogens is 130 g/mol. The van der Waals surface area contributed by atoms with Crippen LogP contribution < -0.4 is 0 Å². The topological polar surface area (TPSA) is 23.8 Å². The summed E-state index contributed by atoms with van der Waals surface area (Å²) in [6, 6.07) is 0. The summed E-state index contributed by atoms with van der Waals surface area (Å²) in [5.41, 5.74) is 6.71. The number of unbranched alkanes of at least 4 members (excludes halogenated alkanes) is 2. The van der Waals surface area contributed by atoms with Crippen LogP contribution in [0.2, 0.25) is 0 Å². The van der Waals surface area contributed by atoms with Crippen molar-refractivity contribution < 1.29 is 17.1 Å². The molecule has 0 aromatic carbocycles. The summed E-state index contributed by atoms with van der Waals surface area (Å²) in [7, 11) is 0. The van der Waals surface area contributed by atoms with Gasteiger partial charge in [-0.05, 0) is 0 Å². The molecule has 0 amide bonds. The molecule has 0 spiro atoms. The van der Waals surface area contributed by atoms with Crippen molar-refractivity contribution in [1.82, 2.24) is 0 Å². The summed E-state index contributed by atoms with van der Waals surface area (Å²) in [6.45, 7) is 2.75. The van der Waals surface area contributed by atoms with Crippen molar-refractivity contribution in [3.05, 3.63) is 5.73 Å². The van der Waals surface area contributed by atoms with E-state index in [-0.39, 0.29) is 17.1 Å². The van der Waals surface area contributed by atoms with Crippen LogP contribution in [-0.4, -0.2) is 6.54 Å². The van der Waals surface area contributed by atoms with Gasteiger partial charge in [-0.1, -0.05) is 26.2 Å². The van der Waals surface area contributed by atoms with Crippen molar-refractivity contribution in [1.29, 1.82) is 0 Å². The predicted octanol–water partition coefficient (Wildman–Crippen LogP) is 2.23. The average molecular weight is 142 g/mol. The van der Waals surface area contributed by atoms with Crippen LogP contribution in [0.25, 0.3) is 5.73 Å². The second-order valence-electron chi connectivity index (χ2n) is 1.46. The van der Waals surface area contributed by atoms with Crippen LogP contribution in [0.1, 0.15) is 26.2 Å². The van der Waals surface area contributed by atoms with Crippen molar-refractivity contribution in [2.45, 2.75) is 26.2 Å². The summed E-state index contributed by atoms with van der Waals surface area (Å²) in [4.78, 5) is 0. The van der Waals surface area contributed by atoms with Gasteiger partial charge in [-0.25, -0.2) is 0 Å². The average Bonchev–Trinajstić information content (AvgIpc) is 1.61. The van der Waals surface area contributed by atoms with Crippen molar-refractivity contribution in [3.63, 3.8) is 0 Å². The molecule has 46 valence electrons. The number of hydrogen-bond donors (Lipinski definition) is 0. The van der Waals surface area contributed by atoms with Gasteiger partial charge in [0, 0.05) is 17.1 Å². The number of hydrogen-bond acceptors (Lipinski definition) is 0. The quantitative estimate of drug-likeness (QED) is 0.426. The smallest absolute Gasteiger partial charge is 0 e. The van der Waals surface area contributed by atoms with Gasteiger partial charge < -0.3 is 5.73 Å². The third-order valence-electron chi connectivity index (χ3n) is 0.780. The molecule has 2 heteroatoms. The third-order valence-corrected chi connectivity index (χ3v) is 0.780. The van der Waals surface area contributed by atoms with Gasteiger partial charge in [0.1, 0.15) is 0 Å². The maximum atomic E-state index is 6.71. The molecule has 0 aliphatic carbocycles. The standard InChI is InChI=1S/C5H12N.Fe/c1-2-3-4-5-6;/h6H,2-5H2,1H3;/q-1;. The summed E-state index contributed by atoms with van der Waals surface area (Å²) in [5.74, 6) is 0. The molecule has 0 saturated heterocycles. The SMILES string of the molecule is CCCCC[NH-].[Fe]. The molecule has 7 heavy (non-hydrogen) atoms. The zero-order chi connectivity index (χ0) is 4.83. The molecule has 0 fully saturated rings. The Balaban J connectivity index is 0. The van der Waals surface area contributed by atoms with Gasteiger partial charge in [-0.2, -0.15) is 6.54 Å². The summed E-state index contributed by atoms with van der Waals surface area (Å²) < 4.78 is 0. The largest absolute Gasteiger partial charge is 0.677 e. The van der Waals surface area contributed by atoms with E-state index in [4.69, 9.17) is 5.73 Å². The summed E-state index contributed by atoms with van der Waals surface area (Å²) in [5, 5.41) is 0. The maximum Gasteiger partial charge on any atom is 0 e. The zero-order valence-corrected chi connectivity index (χ0v) is 5.79. The minimum absolute atomic E-state index is 0. The maximum absolute atomic E-state index is 6.71. The first-order chi connectivity index (χ1) is 2.91. The second kappa shape index (κ2) is 9.70. The Morgan fingerprint density at radius 3 is 2.00 bits per heavy atom. The zero-order valence-electron chi connectivity index (χ0n) is 4.68. The molecule has 0 aromatic rings. The molecule has 0 heterocycles. The van der Waals surface area contributed by atoms with E-state index in [0.29, 0.717) is 6.54 Å². The molecule has 0 unspecified atom stereocenters. The molecular formula is C5H12FeN-. The molecule has 1 N–H and O–H groups in total. The van der Waals surface area contributed by atoms with Gasteiger partial charge in [0.15, 0.2) is 0 Å². The molecule has 0 rings (SSSR count). The van der Waals surface area contributed by atoms with Crippen molar-refractivity contribution in [2.75, 3.05) is 6.54 Å². The van der Waals surface area contributed by atoms with Gasteiger partial charge in [-0.15, -0.1) is 0 Å². The minimum atomic E-state index is 0. The van der Waals surface area contributed by atoms with Crippen LogP contribution in [0.4, 0.5) is 0 Å². The molecule has 0 atom stereocenters. The Morgan fingerprint density at radius 2 is 1.86 bits per heavy atom. The Morgan fingerprint density at radius 1 is 1.29 bits per heavy atom. The number of rotatable bonds is 3.